The molecule has 1 fully saturated rings. The summed E-state index contributed by atoms with van der Waals surface area (Å²) in [6.45, 7) is 7.61. The van der Waals surface area contributed by atoms with E-state index in [-0.39, 0.29) is 12.0 Å². The predicted molar refractivity (Wildman–Crippen MR) is 81.9 cm³/mol. The fraction of sp³-hybridized carbons (Fsp3) is 0.667. The molecule has 1 aromatic rings. The fourth-order valence-corrected chi connectivity index (χ4v) is 3.09. The van der Waals surface area contributed by atoms with Gasteiger partial charge in [-0.2, -0.15) is 11.3 Å². The molecule has 2 heterocycles. The van der Waals surface area contributed by atoms with Crippen LogP contribution in [0, 0.1) is 0 Å². The van der Waals surface area contributed by atoms with Crippen LogP contribution in [0.4, 0.5) is 0 Å². The van der Waals surface area contributed by atoms with E-state index in [9.17, 15) is 4.79 Å². The predicted octanol–water partition coefficient (Wildman–Crippen LogP) is 2.21. The molecule has 1 atom stereocenters. The van der Waals surface area contributed by atoms with E-state index in [1.807, 2.05) is 12.4 Å². The zero-order chi connectivity index (χ0) is 14.5. The summed E-state index contributed by atoms with van der Waals surface area (Å²) in [5.74, 6) is 0.159. The van der Waals surface area contributed by atoms with Gasteiger partial charge in [0.25, 0.3) is 0 Å². The molecule has 0 bridgehead atoms. The number of amides is 1. The molecular weight excluding hydrogens is 272 g/mol. The number of carbonyl (C=O) groups is 1. The third-order valence-electron chi connectivity index (χ3n) is 3.73. The number of nitrogens with zero attached hydrogens (tertiary/aromatic N) is 2. The molecule has 20 heavy (non-hydrogen) atoms. The van der Waals surface area contributed by atoms with Crippen LogP contribution in [0.2, 0.25) is 0 Å². The van der Waals surface area contributed by atoms with E-state index < -0.39 is 0 Å². The molecule has 1 aromatic heterocycles. The van der Waals surface area contributed by atoms with Crippen molar-refractivity contribution in [2.75, 3.05) is 26.7 Å². The van der Waals surface area contributed by atoms with Crippen LogP contribution in [0.1, 0.15) is 25.8 Å². The van der Waals surface area contributed by atoms with Gasteiger partial charge >= 0.3 is 0 Å². The monoisotopic (exact) mass is 296 g/mol. The SMILES string of the molecule is CC(C)N1CCO[C@H](CC(=O)N(C)Cc2ccsc2)C1. The Morgan fingerprint density at radius 2 is 2.40 bits per heavy atom. The summed E-state index contributed by atoms with van der Waals surface area (Å²) in [5.41, 5.74) is 1.19. The Labute approximate surface area is 125 Å². The van der Waals surface area contributed by atoms with Crippen LogP contribution in [0.15, 0.2) is 16.8 Å². The quantitative estimate of drug-likeness (QED) is 0.835. The molecule has 0 aliphatic carbocycles. The normalized spacial score (nSPS) is 20.3. The molecular formula is C15H24N2O2S. The number of carbonyl (C=O) groups excluding carboxylic acids is 1. The molecule has 4 nitrogen and oxygen atoms in total. The summed E-state index contributed by atoms with van der Waals surface area (Å²) in [6, 6.07) is 2.58. The maximum atomic E-state index is 12.2. The van der Waals surface area contributed by atoms with Crippen LogP contribution in [0.25, 0.3) is 0 Å². The van der Waals surface area contributed by atoms with Gasteiger partial charge in [0.1, 0.15) is 0 Å². The fourth-order valence-electron chi connectivity index (χ4n) is 2.43. The Bertz CT molecular complexity index is 420. The van der Waals surface area contributed by atoms with Gasteiger partial charge in [-0.05, 0) is 36.2 Å². The first-order valence-corrected chi connectivity index (χ1v) is 8.11. The third kappa shape index (κ3) is 4.30. The van der Waals surface area contributed by atoms with Gasteiger partial charge in [-0.1, -0.05) is 0 Å². The molecule has 0 saturated carbocycles. The number of morpholine rings is 1. The maximum absolute atomic E-state index is 12.2. The average molecular weight is 296 g/mol. The van der Waals surface area contributed by atoms with Gasteiger partial charge in [0.2, 0.25) is 5.91 Å². The number of rotatable bonds is 5. The second kappa shape index (κ2) is 7.20. The molecule has 112 valence electrons. The lowest BCUT2D eigenvalue weighted by Gasteiger charge is -2.35. The van der Waals surface area contributed by atoms with Gasteiger partial charge in [-0.25, -0.2) is 0 Å². The minimum atomic E-state index is 0.0311. The summed E-state index contributed by atoms with van der Waals surface area (Å²) in [4.78, 5) is 16.4. The van der Waals surface area contributed by atoms with E-state index >= 15 is 0 Å². The summed E-state index contributed by atoms with van der Waals surface area (Å²) in [6.07, 6.45) is 0.507. The van der Waals surface area contributed by atoms with E-state index in [2.05, 4.69) is 30.2 Å². The van der Waals surface area contributed by atoms with Crippen molar-refractivity contribution in [1.82, 2.24) is 9.80 Å². The summed E-state index contributed by atoms with van der Waals surface area (Å²) < 4.78 is 5.73. The molecule has 1 aliphatic rings. The highest BCUT2D eigenvalue weighted by atomic mass is 32.1. The van der Waals surface area contributed by atoms with E-state index in [1.165, 1.54) is 5.56 Å². The lowest BCUT2D eigenvalue weighted by molar-refractivity contribution is -0.135. The Hall–Kier alpha value is -0.910. The number of ether oxygens (including phenoxy) is 1. The van der Waals surface area contributed by atoms with Crippen LogP contribution in [-0.4, -0.2) is 54.6 Å². The molecule has 1 aliphatic heterocycles. The zero-order valence-corrected chi connectivity index (χ0v) is 13.4. The second-order valence-electron chi connectivity index (χ2n) is 5.67. The van der Waals surface area contributed by atoms with E-state index in [1.54, 1.807) is 16.2 Å². The van der Waals surface area contributed by atoms with Crippen molar-refractivity contribution in [3.63, 3.8) is 0 Å². The van der Waals surface area contributed by atoms with Crippen molar-refractivity contribution in [2.24, 2.45) is 0 Å². The van der Waals surface area contributed by atoms with Crippen molar-refractivity contribution < 1.29 is 9.53 Å². The Morgan fingerprint density at radius 1 is 1.60 bits per heavy atom. The summed E-state index contributed by atoms with van der Waals surface area (Å²) >= 11 is 1.66. The molecule has 0 unspecified atom stereocenters. The summed E-state index contributed by atoms with van der Waals surface area (Å²) in [7, 11) is 1.86. The van der Waals surface area contributed by atoms with Crippen LogP contribution < -0.4 is 0 Å². The van der Waals surface area contributed by atoms with Gasteiger partial charge < -0.3 is 9.64 Å². The lowest BCUT2D eigenvalue weighted by atomic mass is 10.1. The Balaban J connectivity index is 1.81. The molecule has 0 aromatic carbocycles. The largest absolute Gasteiger partial charge is 0.375 e. The highest BCUT2D eigenvalue weighted by Gasteiger charge is 2.25. The van der Waals surface area contributed by atoms with E-state index in [4.69, 9.17) is 4.74 Å². The Morgan fingerprint density at radius 3 is 3.05 bits per heavy atom. The Kier molecular flexibility index (Phi) is 5.57. The number of hydrogen-bond acceptors (Lipinski definition) is 4. The molecule has 0 spiro atoms. The molecule has 2 rings (SSSR count). The highest BCUT2D eigenvalue weighted by Crippen LogP contribution is 2.14. The molecule has 5 heteroatoms. The van der Waals surface area contributed by atoms with Crippen molar-refractivity contribution in [3.8, 4) is 0 Å². The second-order valence-corrected chi connectivity index (χ2v) is 6.45. The lowest BCUT2D eigenvalue weighted by Crippen LogP contribution is -2.47. The van der Waals surface area contributed by atoms with Gasteiger partial charge in [0, 0.05) is 32.7 Å². The minimum absolute atomic E-state index is 0.0311. The smallest absolute Gasteiger partial charge is 0.225 e. The van der Waals surface area contributed by atoms with E-state index in [0.717, 1.165) is 19.7 Å². The number of thiophene rings is 1. The van der Waals surface area contributed by atoms with Gasteiger partial charge in [-0.3, -0.25) is 9.69 Å². The molecule has 1 amide bonds. The maximum Gasteiger partial charge on any atom is 0.225 e. The highest BCUT2D eigenvalue weighted by molar-refractivity contribution is 7.07. The van der Waals surface area contributed by atoms with Crippen LogP contribution in [0.3, 0.4) is 0 Å². The van der Waals surface area contributed by atoms with Crippen LogP contribution >= 0.6 is 11.3 Å². The topological polar surface area (TPSA) is 32.8 Å². The van der Waals surface area contributed by atoms with Gasteiger partial charge in [-0.15, -0.1) is 0 Å². The average Bonchev–Trinajstić information content (AvgIpc) is 2.91. The van der Waals surface area contributed by atoms with Crippen molar-refractivity contribution in [2.45, 2.75) is 39.0 Å². The standard InChI is InChI=1S/C15H24N2O2S/c1-12(2)17-5-6-19-14(10-17)8-15(18)16(3)9-13-4-7-20-11-13/h4,7,11-12,14H,5-6,8-10H2,1-3H3/t14-/m1/s1. The third-order valence-corrected chi connectivity index (χ3v) is 4.46. The van der Waals surface area contributed by atoms with Crippen molar-refractivity contribution in [3.05, 3.63) is 22.4 Å². The van der Waals surface area contributed by atoms with Crippen molar-refractivity contribution >= 4 is 17.2 Å². The van der Waals surface area contributed by atoms with E-state index in [0.29, 0.717) is 19.0 Å². The van der Waals surface area contributed by atoms with Gasteiger partial charge in [0.05, 0.1) is 19.1 Å². The first-order valence-electron chi connectivity index (χ1n) is 7.17. The zero-order valence-electron chi connectivity index (χ0n) is 12.5. The van der Waals surface area contributed by atoms with Crippen molar-refractivity contribution in [1.29, 1.82) is 0 Å². The molecule has 0 radical (unpaired) electrons. The van der Waals surface area contributed by atoms with Gasteiger partial charge in [0.15, 0.2) is 0 Å². The minimum Gasteiger partial charge on any atom is -0.375 e. The first kappa shape index (κ1) is 15.5. The first-order chi connectivity index (χ1) is 9.56. The van der Waals surface area contributed by atoms with Crippen LogP contribution in [-0.2, 0) is 16.1 Å². The molecule has 0 N–H and O–H groups in total. The van der Waals surface area contributed by atoms with Crippen LogP contribution in [0.5, 0.6) is 0 Å². The molecule has 1 saturated heterocycles. The number of hydrogen-bond donors (Lipinski definition) is 0. The summed E-state index contributed by atoms with van der Waals surface area (Å²) in [5, 5.41) is 4.12.